The van der Waals surface area contributed by atoms with Crippen molar-refractivity contribution in [2.24, 2.45) is 0 Å². The van der Waals surface area contributed by atoms with Crippen molar-refractivity contribution < 1.29 is 4.74 Å². The largest absolute Gasteiger partial charge is 0.378 e. The molecule has 0 amide bonds. The fourth-order valence-electron chi connectivity index (χ4n) is 3.43. The van der Waals surface area contributed by atoms with Crippen LogP contribution in [0.1, 0.15) is 0 Å². The van der Waals surface area contributed by atoms with Crippen molar-refractivity contribution in [2.75, 3.05) is 36.5 Å². The maximum atomic E-state index is 5.43. The van der Waals surface area contributed by atoms with Crippen LogP contribution in [0.4, 0.5) is 17.2 Å². The summed E-state index contributed by atoms with van der Waals surface area (Å²) in [7, 11) is 0. The van der Waals surface area contributed by atoms with Gasteiger partial charge in [0.2, 0.25) is 0 Å². The molecule has 1 saturated heterocycles. The van der Waals surface area contributed by atoms with Crippen LogP contribution in [0.2, 0.25) is 0 Å². The number of benzene rings is 2. The lowest BCUT2D eigenvalue weighted by molar-refractivity contribution is 0.122. The Labute approximate surface area is 164 Å². The first-order valence-corrected chi connectivity index (χ1v) is 9.69. The summed E-state index contributed by atoms with van der Waals surface area (Å²) in [6.07, 6.45) is 3.75. The summed E-state index contributed by atoms with van der Waals surface area (Å²) in [5.41, 5.74) is 4.94. The quantitative estimate of drug-likeness (QED) is 0.534. The Morgan fingerprint density at radius 1 is 1.04 bits per heavy atom. The Bertz CT molecular complexity index is 1100. The lowest BCUT2D eigenvalue weighted by Gasteiger charge is -2.28. The van der Waals surface area contributed by atoms with Gasteiger partial charge in [-0.25, -0.2) is 9.97 Å². The molecule has 0 unspecified atom stereocenters. The third-order valence-electron chi connectivity index (χ3n) is 4.79. The normalized spacial score (nSPS) is 14.8. The second kappa shape index (κ2) is 6.83. The highest BCUT2D eigenvalue weighted by Gasteiger charge is 2.12. The summed E-state index contributed by atoms with van der Waals surface area (Å²) in [5, 5.41) is 3.42. The third-order valence-corrected chi connectivity index (χ3v) is 5.28. The predicted molar refractivity (Wildman–Crippen MR) is 111 cm³/mol. The summed E-state index contributed by atoms with van der Waals surface area (Å²) in [4.78, 5) is 11.6. The van der Waals surface area contributed by atoms with E-state index in [1.807, 2.05) is 18.3 Å². The number of fused-ring (bicyclic) bond motifs is 3. The van der Waals surface area contributed by atoms with E-state index in [4.69, 9.17) is 9.72 Å². The van der Waals surface area contributed by atoms with Crippen LogP contribution in [0, 0.1) is 0 Å². The SMILES string of the molecule is Brc1ccc2nc(Nc3ccc(N4CCOCC4)cc3)c3nccn3c2c1. The summed E-state index contributed by atoms with van der Waals surface area (Å²) < 4.78 is 8.50. The molecule has 0 aliphatic carbocycles. The highest BCUT2D eigenvalue weighted by molar-refractivity contribution is 9.10. The van der Waals surface area contributed by atoms with Gasteiger partial charge in [0, 0.05) is 41.3 Å². The molecule has 27 heavy (non-hydrogen) atoms. The molecule has 5 rings (SSSR count). The van der Waals surface area contributed by atoms with Gasteiger partial charge >= 0.3 is 0 Å². The number of anilines is 3. The molecule has 1 N–H and O–H groups in total. The first-order chi connectivity index (χ1) is 13.3. The van der Waals surface area contributed by atoms with E-state index in [1.165, 1.54) is 5.69 Å². The zero-order valence-electron chi connectivity index (χ0n) is 14.6. The Morgan fingerprint density at radius 2 is 1.85 bits per heavy atom. The standard InChI is InChI=1S/C20H18BrN5O/c21-14-1-6-17-18(13-14)26-8-7-22-20(26)19(24-17)23-15-2-4-16(5-3-15)25-9-11-27-12-10-25/h1-8,13H,9-12H2,(H,23,24). The van der Waals surface area contributed by atoms with Crippen LogP contribution in [-0.4, -0.2) is 40.7 Å². The van der Waals surface area contributed by atoms with Gasteiger partial charge in [-0.15, -0.1) is 0 Å². The monoisotopic (exact) mass is 423 g/mol. The van der Waals surface area contributed by atoms with Crippen molar-refractivity contribution in [3.05, 3.63) is 59.3 Å². The van der Waals surface area contributed by atoms with Crippen molar-refractivity contribution in [2.45, 2.75) is 0 Å². The maximum absolute atomic E-state index is 5.43. The molecule has 3 heterocycles. The van der Waals surface area contributed by atoms with Crippen molar-refractivity contribution in [3.63, 3.8) is 0 Å². The fraction of sp³-hybridized carbons (Fsp3) is 0.200. The number of aromatic nitrogens is 3. The van der Waals surface area contributed by atoms with Crippen LogP contribution in [0.25, 0.3) is 16.7 Å². The number of morpholine rings is 1. The number of nitrogens with one attached hydrogen (secondary N) is 1. The van der Waals surface area contributed by atoms with Crippen LogP contribution in [0.5, 0.6) is 0 Å². The van der Waals surface area contributed by atoms with E-state index >= 15 is 0 Å². The average Bonchev–Trinajstić information content (AvgIpc) is 3.20. The summed E-state index contributed by atoms with van der Waals surface area (Å²) in [6, 6.07) is 14.5. The van der Waals surface area contributed by atoms with E-state index in [0.29, 0.717) is 0 Å². The molecule has 1 fully saturated rings. The predicted octanol–water partition coefficient (Wildman–Crippen LogP) is 4.23. The molecule has 6 nitrogen and oxygen atoms in total. The molecular weight excluding hydrogens is 406 g/mol. The summed E-state index contributed by atoms with van der Waals surface area (Å²) in [6.45, 7) is 3.44. The minimum atomic E-state index is 0.744. The molecule has 0 atom stereocenters. The zero-order chi connectivity index (χ0) is 18.2. The number of hydrogen-bond donors (Lipinski definition) is 1. The summed E-state index contributed by atoms with van der Waals surface area (Å²) in [5.74, 6) is 0.744. The van der Waals surface area contributed by atoms with Crippen LogP contribution in [-0.2, 0) is 4.74 Å². The van der Waals surface area contributed by atoms with Crippen LogP contribution < -0.4 is 10.2 Å². The second-order valence-electron chi connectivity index (χ2n) is 6.49. The van der Waals surface area contributed by atoms with Gasteiger partial charge in [-0.3, -0.25) is 4.40 Å². The van der Waals surface area contributed by atoms with E-state index in [-0.39, 0.29) is 0 Å². The first kappa shape index (κ1) is 16.5. The Morgan fingerprint density at radius 3 is 2.67 bits per heavy atom. The van der Waals surface area contributed by atoms with Crippen molar-refractivity contribution >= 4 is 49.8 Å². The number of nitrogens with zero attached hydrogens (tertiary/aromatic N) is 4. The average molecular weight is 424 g/mol. The number of hydrogen-bond acceptors (Lipinski definition) is 5. The van der Waals surface area contributed by atoms with E-state index in [0.717, 1.165) is 59.0 Å². The fourth-order valence-corrected chi connectivity index (χ4v) is 3.77. The molecule has 1 aliphatic rings. The van der Waals surface area contributed by atoms with Gasteiger partial charge in [0.15, 0.2) is 11.5 Å². The van der Waals surface area contributed by atoms with Crippen LogP contribution in [0.15, 0.2) is 59.3 Å². The molecule has 0 saturated carbocycles. The van der Waals surface area contributed by atoms with Gasteiger partial charge in [-0.1, -0.05) is 15.9 Å². The van der Waals surface area contributed by atoms with Gasteiger partial charge in [0.1, 0.15) is 0 Å². The minimum absolute atomic E-state index is 0.744. The van der Waals surface area contributed by atoms with Gasteiger partial charge in [0.05, 0.1) is 24.2 Å². The molecule has 0 spiro atoms. The van der Waals surface area contributed by atoms with E-state index in [2.05, 4.69) is 65.9 Å². The lowest BCUT2D eigenvalue weighted by Crippen LogP contribution is -2.36. The second-order valence-corrected chi connectivity index (χ2v) is 7.40. The highest BCUT2D eigenvalue weighted by atomic mass is 79.9. The minimum Gasteiger partial charge on any atom is -0.378 e. The van der Waals surface area contributed by atoms with E-state index < -0.39 is 0 Å². The number of rotatable bonds is 3. The van der Waals surface area contributed by atoms with Crippen molar-refractivity contribution in [1.82, 2.24) is 14.4 Å². The molecule has 2 aromatic heterocycles. The molecule has 1 aliphatic heterocycles. The van der Waals surface area contributed by atoms with E-state index in [1.54, 1.807) is 6.20 Å². The van der Waals surface area contributed by atoms with Crippen LogP contribution >= 0.6 is 15.9 Å². The maximum Gasteiger partial charge on any atom is 0.180 e. The Kier molecular flexibility index (Phi) is 4.18. The van der Waals surface area contributed by atoms with E-state index in [9.17, 15) is 0 Å². The lowest BCUT2D eigenvalue weighted by atomic mass is 10.2. The Hall–Kier alpha value is -2.64. The van der Waals surface area contributed by atoms with Crippen molar-refractivity contribution in [1.29, 1.82) is 0 Å². The number of imidazole rings is 1. The smallest absolute Gasteiger partial charge is 0.180 e. The molecule has 0 radical (unpaired) electrons. The van der Waals surface area contributed by atoms with Gasteiger partial charge < -0.3 is 15.0 Å². The Balaban J connectivity index is 1.48. The number of ether oxygens (including phenoxy) is 1. The van der Waals surface area contributed by atoms with Gasteiger partial charge in [-0.05, 0) is 42.5 Å². The molecule has 7 heteroatoms. The van der Waals surface area contributed by atoms with Crippen molar-refractivity contribution in [3.8, 4) is 0 Å². The first-order valence-electron chi connectivity index (χ1n) is 8.90. The highest BCUT2D eigenvalue weighted by Crippen LogP contribution is 2.27. The third kappa shape index (κ3) is 3.13. The molecule has 136 valence electrons. The summed E-state index contributed by atoms with van der Waals surface area (Å²) >= 11 is 3.53. The van der Waals surface area contributed by atoms with Gasteiger partial charge in [-0.2, -0.15) is 0 Å². The van der Waals surface area contributed by atoms with Gasteiger partial charge in [0.25, 0.3) is 0 Å². The number of halogens is 1. The molecular formula is C20H18BrN5O. The molecule has 0 bridgehead atoms. The zero-order valence-corrected chi connectivity index (χ0v) is 16.2. The topological polar surface area (TPSA) is 54.7 Å². The van der Waals surface area contributed by atoms with Crippen LogP contribution in [0.3, 0.4) is 0 Å². The molecule has 2 aromatic carbocycles. The molecule has 4 aromatic rings.